The van der Waals surface area contributed by atoms with Gasteiger partial charge in [0.2, 0.25) is 28.2 Å². The van der Waals surface area contributed by atoms with Crippen LogP contribution in [0.2, 0.25) is 20.1 Å². The van der Waals surface area contributed by atoms with Gasteiger partial charge < -0.3 is 34.0 Å². The van der Waals surface area contributed by atoms with Crippen molar-refractivity contribution in [2.24, 2.45) is 27.1 Å². The molecule has 29 nitrogen and oxygen atoms in total. The molecule has 0 amide bonds. The standard InChI is InChI=1S/2C20H24ClN5O.C19H21ClFN5.C19H24N6.C18H21ClN6/c1-4-20(2)5-7-26(8-6-20)16-12-22-18-17(24-25-19(18)23-16)13-9-14(21)11-15(10-13)27-3;1-4-20(2)7-9-26(10-8-20)16-12-22-18-17(24-25-19(18)23-16)13-5-6-14(21)15(11-13)27-3;1-3-19(2)7-9-26(10-8-19)14-11-22-17-16(24-25-18(17)23-14)15-12(20)5-4-6-13(15)21;1-4-19(3)7-10-25(11-8-19)15-12-21-17-16(23-24-18(17)22-15)14-6-5-9-20-13(14)2;1-3-18(2)5-8-25(9-6-18)14-11-21-16-15(23-24-17(16)22-14)12-4-7-20-10-13(12)19/h9-12H,4-8H2,1-3H3,(H,23,24,25);5-6,11-12H,4,7-10H2,1-3H3,(H,23,24,25);4-6,11H,3,7-10H2,1-2H3,(H,23,24,25);5-6,9,12H,4,7-8,10-11H2,1-3H3,(H,22,23,24);4,7,10-11H,3,5-6,8-9H2,1-2H3,(H,22,23,24). The van der Waals surface area contributed by atoms with Crippen LogP contribution in [0.4, 0.5) is 33.5 Å². The average molecular weight is 1840 g/mol. The fraction of sp³-hybridized carbons (Fsp3) is 0.448. The number of H-pyrrole nitrogens is 5. The van der Waals surface area contributed by atoms with Crippen LogP contribution >= 0.6 is 46.4 Å². The van der Waals surface area contributed by atoms with Crippen molar-refractivity contribution in [2.45, 2.75) is 172 Å². The minimum absolute atomic E-state index is 0.274. The van der Waals surface area contributed by atoms with Crippen molar-refractivity contribution >= 4 is 131 Å². The Morgan fingerprint density at radius 1 is 0.362 bits per heavy atom. The highest BCUT2D eigenvalue weighted by Crippen LogP contribution is 2.44. The summed E-state index contributed by atoms with van der Waals surface area (Å²) in [5.74, 6) is 5.31. The number of fused-ring (bicyclic) bond motifs is 5. The summed E-state index contributed by atoms with van der Waals surface area (Å²) in [5, 5.41) is 38.8. The summed E-state index contributed by atoms with van der Waals surface area (Å²) in [5.41, 5.74) is 17.3. The van der Waals surface area contributed by atoms with Gasteiger partial charge in [0, 0.05) is 117 Å². The maximum absolute atomic E-state index is 14.2. The zero-order valence-electron chi connectivity index (χ0n) is 76.3. The van der Waals surface area contributed by atoms with Crippen molar-refractivity contribution < 1.29 is 13.9 Å². The molecule has 0 aliphatic carbocycles. The molecule has 5 saturated heterocycles. The molecule has 20 rings (SSSR count). The molecule has 0 bridgehead atoms. The number of ether oxygens (including phenoxy) is 2. The van der Waals surface area contributed by atoms with E-state index < -0.39 is 5.82 Å². The van der Waals surface area contributed by atoms with E-state index in [0.717, 1.165) is 180 Å². The van der Waals surface area contributed by atoms with Crippen LogP contribution < -0.4 is 34.0 Å². The number of methoxy groups -OCH3 is 2. The number of hydrogen-bond donors (Lipinski definition) is 5. The summed E-state index contributed by atoms with van der Waals surface area (Å²) in [6, 6.07) is 21.5. The molecule has 5 aliphatic heterocycles. The third kappa shape index (κ3) is 20.0. The number of hydrogen-bond acceptors (Lipinski definition) is 24. The molecule has 17 heterocycles. The number of aromatic amines is 5. The Kier molecular flexibility index (Phi) is 27.7. The second-order valence-electron chi connectivity index (χ2n) is 36.6. The van der Waals surface area contributed by atoms with Crippen molar-refractivity contribution in [3.63, 3.8) is 0 Å². The average Bonchev–Trinajstić information content (AvgIpc) is 1.63. The fourth-order valence-electron chi connectivity index (χ4n) is 17.5. The largest absolute Gasteiger partial charge is 0.497 e. The van der Waals surface area contributed by atoms with Crippen molar-refractivity contribution in [3.05, 3.63) is 154 Å². The second kappa shape index (κ2) is 39.2. The number of nitrogens with one attached hydrogen (secondary N) is 5. The monoisotopic (exact) mass is 1840 g/mol. The first kappa shape index (κ1) is 91.7. The predicted octanol–water partition coefficient (Wildman–Crippen LogP) is 22.1. The third-order valence-electron chi connectivity index (χ3n) is 28.4. The number of halogens is 5. The van der Waals surface area contributed by atoms with Gasteiger partial charge in [-0.2, -0.15) is 25.5 Å². The molecule has 0 atom stereocenters. The van der Waals surface area contributed by atoms with Gasteiger partial charge >= 0.3 is 0 Å². The number of piperidine rings is 5. The van der Waals surface area contributed by atoms with Gasteiger partial charge in [0.15, 0.2) is 0 Å². The molecule has 5 fully saturated rings. The molecule has 34 heteroatoms. The lowest BCUT2D eigenvalue weighted by atomic mass is 9.78. The molecule has 0 spiro atoms. The van der Waals surface area contributed by atoms with Gasteiger partial charge in [-0.25, -0.2) is 54.2 Å². The summed E-state index contributed by atoms with van der Waals surface area (Å²) >= 11 is 24.7. The van der Waals surface area contributed by atoms with Crippen LogP contribution in [0.25, 0.3) is 112 Å². The number of aromatic nitrogens is 22. The van der Waals surface area contributed by atoms with Gasteiger partial charge in [0.25, 0.3) is 0 Å². The topological polar surface area (TPSA) is 333 Å². The zero-order chi connectivity index (χ0) is 91.2. The number of rotatable bonds is 17. The van der Waals surface area contributed by atoms with E-state index in [2.05, 4.69) is 185 Å². The molecular weight excluding hydrogens is 1720 g/mol. The highest BCUT2D eigenvalue weighted by molar-refractivity contribution is 6.34. The van der Waals surface area contributed by atoms with Gasteiger partial charge in [-0.3, -0.25) is 35.5 Å². The Morgan fingerprint density at radius 2 is 0.731 bits per heavy atom. The highest BCUT2D eigenvalue weighted by atomic mass is 35.5. The van der Waals surface area contributed by atoms with E-state index in [0.29, 0.717) is 98.1 Å². The van der Waals surface area contributed by atoms with E-state index in [1.165, 1.54) is 89.5 Å². The molecule has 12 aromatic heterocycles. The molecule has 5 aliphatic rings. The van der Waals surface area contributed by atoms with Gasteiger partial charge in [0.1, 0.15) is 74.0 Å². The number of aryl methyl sites for hydroxylation is 1. The maximum atomic E-state index is 14.2. The Bertz CT molecular complexity index is 6280. The fourth-order valence-corrected chi connectivity index (χ4v) is 18.4. The summed E-state index contributed by atoms with van der Waals surface area (Å²) in [7, 11) is 3.22. The zero-order valence-corrected chi connectivity index (χ0v) is 79.3. The number of nitrogens with zero attached hydrogens (tertiary/aromatic N) is 22. The van der Waals surface area contributed by atoms with Crippen LogP contribution in [0.1, 0.15) is 171 Å². The number of pyridine rings is 2. The van der Waals surface area contributed by atoms with Crippen molar-refractivity contribution in [3.8, 4) is 67.8 Å². The van der Waals surface area contributed by atoms with E-state index in [4.69, 9.17) is 75.8 Å². The van der Waals surface area contributed by atoms with Crippen LogP contribution in [0.15, 0.2) is 122 Å². The Morgan fingerprint density at radius 3 is 1.10 bits per heavy atom. The second-order valence-corrected chi connectivity index (χ2v) is 38.2. The normalized spacial score (nSPS) is 16.9. The Balaban J connectivity index is 0.000000119. The van der Waals surface area contributed by atoms with E-state index >= 15 is 0 Å². The van der Waals surface area contributed by atoms with Crippen LogP contribution in [-0.4, -0.2) is 190 Å². The first-order valence-corrected chi connectivity index (χ1v) is 46.7. The van der Waals surface area contributed by atoms with Crippen molar-refractivity contribution in [2.75, 3.05) is 104 Å². The predicted molar refractivity (Wildman–Crippen MR) is 518 cm³/mol. The molecular formula is C96H114Cl4FN27O2. The highest BCUT2D eigenvalue weighted by Gasteiger charge is 2.36. The van der Waals surface area contributed by atoms with E-state index in [1.807, 2.05) is 80.2 Å². The summed E-state index contributed by atoms with van der Waals surface area (Å²) < 4.78 is 24.8. The molecule has 0 saturated carbocycles. The van der Waals surface area contributed by atoms with Crippen molar-refractivity contribution in [1.29, 1.82) is 0 Å². The van der Waals surface area contributed by atoms with Crippen LogP contribution in [0.3, 0.4) is 0 Å². The Labute approximate surface area is 776 Å². The van der Waals surface area contributed by atoms with Gasteiger partial charge in [-0.1, -0.05) is 160 Å². The lowest BCUT2D eigenvalue weighted by Gasteiger charge is -2.39. The van der Waals surface area contributed by atoms with E-state index in [9.17, 15) is 4.39 Å². The van der Waals surface area contributed by atoms with E-state index in [1.54, 1.807) is 57.2 Å². The van der Waals surface area contributed by atoms with Gasteiger partial charge in [-0.05, 0) is 159 Å². The SMILES string of the molecule is CCC1(C)CCN(c2cnc3c(-c4c(F)cccc4Cl)[nH]nc3n2)CC1.CCC1(C)CCN(c2cnc3c(-c4cc(Cl)cc(OC)c4)[nH]nc3n2)CC1.CCC1(C)CCN(c2cnc3c(-c4ccc(Cl)c(OC)c4)[nH]nc3n2)CC1.CCC1(C)CCN(c2cnc3c(-c4cccnc4C)[nH]nc3n2)CC1.CCC1(C)CCN(c2cnc3c(-c4ccncc4Cl)[nH]nc3n2)CC1. The molecule has 680 valence electrons. The molecule has 130 heavy (non-hydrogen) atoms. The van der Waals surface area contributed by atoms with Gasteiger partial charge in [-0.15, -0.1) is 0 Å². The van der Waals surface area contributed by atoms with Crippen molar-refractivity contribution in [1.82, 2.24) is 111 Å². The minimum atomic E-state index is -0.413. The van der Waals surface area contributed by atoms with Crippen LogP contribution in [0, 0.1) is 39.8 Å². The molecule has 0 unspecified atom stereocenters. The number of anilines is 5. The van der Waals surface area contributed by atoms with E-state index in [-0.39, 0.29) is 5.56 Å². The van der Waals surface area contributed by atoms with Crippen LogP contribution in [0.5, 0.6) is 11.5 Å². The number of benzene rings is 3. The minimum Gasteiger partial charge on any atom is -0.497 e. The summed E-state index contributed by atoms with van der Waals surface area (Å²) in [6.45, 7) is 35.2. The quantitative estimate of drug-likeness (QED) is 0.0565. The first-order chi connectivity index (χ1) is 62.7. The molecule has 0 radical (unpaired) electrons. The lowest BCUT2D eigenvalue weighted by molar-refractivity contribution is 0.237. The molecule has 5 N–H and O–H groups in total. The maximum Gasteiger partial charge on any atom is 0.202 e. The lowest BCUT2D eigenvalue weighted by Crippen LogP contribution is -2.38. The van der Waals surface area contributed by atoms with Gasteiger partial charge in [0.05, 0.1) is 94.3 Å². The summed E-state index contributed by atoms with van der Waals surface area (Å²) in [4.78, 5) is 66.5. The first-order valence-electron chi connectivity index (χ1n) is 45.2. The molecule has 15 aromatic rings. The summed E-state index contributed by atoms with van der Waals surface area (Å²) in [6.07, 6.45) is 32.1. The smallest absolute Gasteiger partial charge is 0.202 e. The molecule has 3 aromatic carbocycles. The Hall–Kier alpha value is -11.6. The third-order valence-corrected chi connectivity index (χ3v) is 29.5. The van der Waals surface area contributed by atoms with Crippen LogP contribution in [-0.2, 0) is 0 Å².